The lowest BCUT2D eigenvalue weighted by molar-refractivity contribution is -0.118. The quantitative estimate of drug-likeness (QED) is 0.766. The molecule has 1 unspecified atom stereocenters. The molecule has 1 atom stereocenters. The molecule has 0 saturated carbocycles. The highest BCUT2D eigenvalue weighted by Crippen LogP contribution is 2.20. The van der Waals surface area contributed by atoms with Crippen LogP contribution in [0.15, 0.2) is 59.5 Å². The molecule has 1 amide bonds. The van der Waals surface area contributed by atoms with Crippen molar-refractivity contribution in [2.45, 2.75) is 30.2 Å². The van der Waals surface area contributed by atoms with Gasteiger partial charge in [0.1, 0.15) is 0 Å². The molecular weight excluding hydrogens is 338 g/mol. The Morgan fingerprint density at radius 1 is 1.00 bits per heavy atom. The van der Waals surface area contributed by atoms with E-state index >= 15 is 0 Å². The number of anilines is 2. The van der Waals surface area contributed by atoms with Crippen molar-refractivity contribution in [2.24, 2.45) is 0 Å². The third-order valence-corrected chi connectivity index (χ3v) is 5.46. The summed E-state index contributed by atoms with van der Waals surface area (Å²) in [6, 6.07) is 14.7. The average Bonchev–Trinajstić information content (AvgIpc) is 2.63. The van der Waals surface area contributed by atoms with Crippen molar-refractivity contribution in [3.63, 3.8) is 0 Å². The smallest absolute Gasteiger partial charge is 0.261 e. The third-order valence-electron chi connectivity index (χ3n) is 4.06. The van der Waals surface area contributed by atoms with Gasteiger partial charge in [0, 0.05) is 5.69 Å². The van der Waals surface area contributed by atoms with E-state index in [-0.39, 0.29) is 16.8 Å². The van der Waals surface area contributed by atoms with Crippen LogP contribution in [0.25, 0.3) is 0 Å². The van der Waals surface area contributed by atoms with Crippen molar-refractivity contribution in [2.75, 3.05) is 16.6 Å². The Hall–Kier alpha value is -2.38. The van der Waals surface area contributed by atoms with E-state index < -0.39 is 10.0 Å². The molecule has 1 aliphatic rings. The number of carbonyl (C=O) groups is 1. The van der Waals surface area contributed by atoms with Gasteiger partial charge < -0.3 is 10.6 Å². The molecule has 3 rings (SSSR count). The summed E-state index contributed by atoms with van der Waals surface area (Å²) >= 11 is 0. The van der Waals surface area contributed by atoms with Crippen molar-refractivity contribution >= 4 is 27.3 Å². The standard InChI is InChI=1S/C18H21N3O3S/c22-18(17-11-4-5-12-19-17)20-14-7-6-8-15(13-14)21-25(23,24)16-9-2-1-3-10-16/h1-3,6-10,13,17,19,21H,4-5,11-12H2,(H,20,22). The summed E-state index contributed by atoms with van der Waals surface area (Å²) in [4.78, 5) is 12.5. The second kappa shape index (κ2) is 7.67. The maximum absolute atomic E-state index is 12.4. The summed E-state index contributed by atoms with van der Waals surface area (Å²) < 4.78 is 27.3. The summed E-state index contributed by atoms with van der Waals surface area (Å²) in [6.45, 7) is 0.842. The zero-order chi connectivity index (χ0) is 17.7. The molecule has 1 fully saturated rings. The number of carbonyl (C=O) groups excluding carboxylic acids is 1. The number of piperidine rings is 1. The molecule has 0 bridgehead atoms. The molecule has 1 aliphatic heterocycles. The van der Waals surface area contributed by atoms with Gasteiger partial charge in [-0.05, 0) is 49.7 Å². The van der Waals surface area contributed by atoms with Crippen molar-refractivity contribution in [1.29, 1.82) is 0 Å². The number of nitrogens with one attached hydrogen (secondary N) is 3. The highest BCUT2D eigenvalue weighted by molar-refractivity contribution is 7.92. The predicted molar refractivity (Wildman–Crippen MR) is 98.0 cm³/mol. The lowest BCUT2D eigenvalue weighted by Crippen LogP contribution is -2.43. The maximum atomic E-state index is 12.4. The molecule has 25 heavy (non-hydrogen) atoms. The molecular formula is C18H21N3O3S. The molecule has 132 valence electrons. The zero-order valence-electron chi connectivity index (χ0n) is 13.7. The number of sulfonamides is 1. The Kier molecular flexibility index (Phi) is 5.35. The van der Waals surface area contributed by atoms with E-state index in [9.17, 15) is 13.2 Å². The van der Waals surface area contributed by atoms with Gasteiger partial charge >= 0.3 is 0 Å². The maximum Gasteiger partial charge on any atom is 0.261 e. The average molecular weight is 359 g/mol. The number of benzene rings is 2. The summed E-state index contributed by atoms with van der Waals surface area (Å²) in [6.07, 6.45) is 2.93. The van der Waals surface area contributed by atoms with Crippen LogP contribution in [0.2, 0.25) is 0 Å². The second-order valence-corrected chi connectivity index (χ2v) is 7.67. The van der Waals surface area contributed by atoms with Crippen LogP contribution >= 0.6 is 0 Å². The molecule has 7 heteroatoms. The zero-order valence-corrected chi connectivity index (χ0v) is 14.6. The number of hydrogen-bond donors (Lipinski definition) is 3. The largest absolute Gasteiger partial charge is 0.325 e. The second-order valence-electron chi connectivity index (χ2n) is 5.99. The van der Waals surface area contributed by atoms with Crippen LogP contribution in [0.1, 0.15) is 19.3 Å². The Bertz CT molecular complexity index is 832. The summed E-state index contributed by atoms with van der Waals surface area (Å²) in [7, 11) is -3.65. The normalized spacial score (nSPS) is 17.7. The van der Waals surface area contributed by atoms with Gasteiger partial charge in [-0.2, -0.15) is 0 Å². The van der Waals surface area contributed by atoms with Crippen LogP contribution in [0.3, 0.4) is 0 Å². The lowest BCUT2D eigenvalue weighted by atomic mass is 10.0. The number of rotatable bonds is 5. The number of amides is 1. The van der Waals surface area contributed by atoms with Crippen molar-refractivity contribution in [3.05, 3.63) is 54.6 Å². The van der Waals surface area contributed by atoms with Crippen molar-refractivity contribution in [3.8, 4) is 0 Å². The molecule has 2 aromatic carbocycles. The fourth-order valence-corrected chi connectivity index (χ4v) is 3.85. The fourth-order valence-electron chi connectivity index (χ4n) is 2.78. The van der Waals surface area contributed by atoms with Gasteiger partial charge in [-0.15, -0.1) is 0 Å². The summed E-state index contributed by atoms with van der Waals surface area (Å²) in [5.41, 5.74) is 0.962. The van der Waals surface area contributed by atoms with Gasteiger partial charge in [0.25, 0.3) is 10.0 Å². The van der Waals surface area contributed by atoms with Gasteiger partial charge in [-0.25, -0.2) is 8.42 Å². The van der Waals surface area contributed by atoms with Crippen LogP contribution in [-0.2, 0) is 14.8 Å². The Morgan fingerprint density at radius 3 is 2.48 bits per heavy atom. The van der Waals surface area contributed by atoms with E-state index in [1.807, 2.05) is 0 Å². The van der Waals surface area contributed by atoms with Gasteiger partial charge in [0.05, 0.1) is 16.6 Å². The van der Waals surface area contributed by atoms with Crippen LogP contribution in [0.4, 0.5) is 11.4 Å². The van der Waals surface area contributed by atoms with E-state index in [4.69, 9.17) is 0 Å². The van der Waals surface area contributed by atoms with E-state index in [1.165, 1.54) is 12.1 Å². The minimum atomic E-state index is -3.65. The minimum Gasteiger partial charge on any atom is -0.325 e. The summed E-state index contributed by atoms with van der Waals surface area (Å²) in [5, 5.41) is 6.03. The SMILES string of the molecule is O=C(Nc1cccc(NS(=O)(=O)c2ccccc2)c1)C1CCCCN1. The molecule has 1 saturated heterocycles. The van der Waals surface area contributed by atoms with E-state index in [0.29, 0.717) is 11.4 Å². The molecule has 2 aromatic rings. The Morgan fingerprint density at radius 2 is 1.76 bits per heavy atom. The molecule has 0 aromatic heterocycles. The number of hydrogen-bond acceptors (Lipinski definition) is 4. The van der Waals surface area contributed by atoms with Crippen LogP contribution in [0, 0.1) is 0 Å². The third kappa shape index (κ3) is 4.58. The van der Waals surface area contributed by atoms with Crippen LogP contribution < -0.4 is 15.4 Å². The van der Waals surface area contributed by atoms with Crippen LogP contribution in [-0.4, -0.2) is 26.9 Å². The van der Waals surface area contributed by atoms with Crippen molar-refractivity contribution in [1.82, 2.24) is 5.32 Å². The Labute approximate surface area is 147 Å². The van der Waals surface area contributed by atoms with Gasteiger partial charge in [-0.1, -0.05) is 30.7 Å². The molecule has 0 spiro atoms. The first kappa shape index (κ1) is 17.4. The molecule has 6 nitrogen and oxygen atoms in total. The summed E-state index contributed by atoms with van der Waals surface area (Å²) in [5.74, 6) is -0.0947. The first-order chi connectivity index (χ1) is 12.0. The van der Waals surface area contributed by atoms with Crippen LogP contribution in [0.5, 0.6) is 0 Å². The Balaban J connectivity index is 1.70. The highest BCUT2D eigenvalue weighted by Gasteiger charge is 2.20. The molecule has 1 heterocycles. The van der Waals surface area contributed by atoms with E-state index in [1.54, 1.807) is 42.5 Å². The van der Waals surface area contributed by atoms with E-state index in [2.05, 4.69) is 15.4 Å². The van der Waals surface area contributed by atoms with Gasteiger partial charge in [0.15, 0.2) is 0 Å². The predicted octanol–water partition coefficient (Wildman–Crippen LogP) is 2.57. The molecule has 0 radical (unpaired) electrons. The topological polar surface area (TPSA) is 87.3 Å². The van der Waals surface area contributed by atoms with E-state index in [0.717, 1.165) is 25.8 Å². The van der Waals surface area contributed by atoms with Gasteiger partial charge in [-0.3, -0.25) is 9.52 Å². The molecule has 3 N–H and O–H groups in total. The minimum absolute atomic E-state index is 0.0947. The van der Waals surface area contributed by atoms with Gasteiger partial charge in [0.2, 0.25) is 5.91 Å². The first-order valence-corrected chi connectivity index (χ1v) is 9.75. The highest BCUT2D eigenvalue weighted by atomic mass is 32.2. The first-order valence-electron chi connectivity index (χ1n) is 8.27. The van der Waals surface area contributed by atoms with Crippen molar-refractivity contribution < 1.29 is 13.2 Å². The lowest BCUT2D eigenvalue weighted by Gasteiger charge is -2.22. The molecule has 0 aliphatic carbocycles. The fraction of sp³-hybridized carbons (Fsp3) is 0.278. The monoisotopic (exact) mass is 359 g/mol.